The molecule has 14 rings (SSSR count). The molecule has 0 aliphatic carbocycles. The predicted octanol–water partition coefficient (Wildman–Crippen LogP) is 22.2. The zero-order valence-electron chi connectivity index (χ0n) is 44.8. The molecule has 0 saturated carbocycles. The topological polar surface area (TPSA) is 6.48 Å². The van der Waals surface area contributed by atoms with Gasteiger partial charge in [-0.15, -0.1) is 0 Å². The van der Waals surface area contributed by atoms with E-state index in [1.54, 1.807) is 0 Å². The molecule has 0 atom stereocenters. The van der Waals surface area contributed by atoms with Crippen LogP contribution in [0.2, 0.25) is 0 Å². The molecule has 14 aromatic rings. The number of fused-ring (bicyclic) bond motifs is 4. The smallest absolute Gasteiger partial charge is 0.0540 e. The van der Waals surface area contributed by atoms with Crippen molar-refractivity contribution in [1.29, 1.82) is 0 Å². The molecule has 80 heavy (non-hydrogen) atoms. The van der Waals surface area contributed by atoms with E-state index in [4.69, 9.17) is 0 Å². The molecule has 0 aliphatic heterocycles. The molecule has 14 aromatic carbocycles. The Balaban J connectivity index is 0.864. The first-order valence-corrected chi connectivity index (χ1v) is 27.6. The molecule has 0 aliphatic rings. The molecule has 0 N–H and O–H groups in total. The predicted molar refractivity (Wildman–Crippen MR) is 342 cm³/mol. The molecule has 0 aromatic heterocycles. The number of rotatable bonds is 11. The first-order valence-electron chi connectivity index (χ1n) is 27.6. The van der Waals surface area contributed by atoms with E-state index in [-0.39, 0.29) is 0 Å². The summed E-state index contributed by atoms with van der Waals surface area (Å²) in [5.74, 6) is 0. The fourth-order valence-corrected chi connectivity index (χ4v) is 12.0. The Morgan fingerprint density at radius 1 is 0.200 bits per heavy atom. The van der Waals surface area contributed by atoms with Crippen molar-refractivity contribution in [3.05, 3.63) is 314 Å². The number of benzene rings is 14. The minimum Gasteiger partial charge on any atom is -0.310 e. The minimum absolute atomic E-state index is 1.09. The molecule has 0 spiro atoms. The fraction of sp³-hybridized carbons (Fsp3) is 0.0256. The van der Waals surface area contributed by atoms with E-state index >= 15 is 0 Å². The van der Waals surface area contributed by atoms with E-state index in [9.17, 15) is 0 Å². The molecule has 0 bridgehead atoms. The number of anilines is 6. The van der Waals surface area contributed by atoms with Gasteiger partial charge in [-0.25, -0.2) is 0 Å². The molecule has 378 valence electrons. The second kappa shape index (κ2) is 20.6. The number of para-hydroxylation sites is 2. The van der Waals surface area contributed by atoms with Crippen LogP contribution in [0.15, 0.2) is 303 Å². The van der Waals surface area contributed by atoms with Gasteiger partial charge in [-0.2, -0.15) is 0 Å². The molecule has 0 heterocycles. The van der Waals surface area contributed by atoms with Gasteiger partial charge in [-0.3, -0.25) is 0 Å². The third-order valence-corrected chi connectivity index (χ3v) is 16.1. The first kappa shape index (κ1) is 48.1. The van der Waals surface area contributed by atoms with Gasteiger partial charge in [0.05, 0.1) is 11.4 Å². The lowest BCUT2D eigenvalue weighted by Gasteiger charge is -2.30. The Kier molecular flexibility index (Phi) is 12.4. The Labute approximate surface area is 468 Å². The van der Waals surface area contributed by atoms with E-state index in [2.05, 4.69) is 327 Å². The van der Waals surface area contributed by atoms with E-state index in [0.717, 1.165) is 45.3 Å². The highest BCUT2D eigenvalue weighted by atomic mass is 15.2. The van der Waals surface area contributed by atoms with Crippen LogP contribution < -0.4 is 9.80 Å². The molecule has 0 amide bonds. The number of hydrogen-bond donors (Lipinski definition) is 0. The zero-order valence-corrected chi connectivity index (χ0v) is 44.8. The van der Waals surface area contributed by atoms with Crippen LogP contribution in [0.1, 0.15) is 11.1 Å². The summed E-state index contributed by atoms with van der Waals surface area (Å²) in [7, 11) is 0. The summed E-state index contributed by atoms with van der Waals surface area (Å²) in [5.41, 5.74) is 20.9. The van der Waals surface area contributed by atoms with E-state index in [1.807, 2.05) is 0 Å². The highest BCUT2D eigenvalue weighted by Crippen LogP contribution is 2.47. The summed E-state index contributed by atoms with van der Waals surface area (Å²) in [6.45, 7) is 4.51. The van der Waals surface area contributed by atoms with Crippen LogP contribution in [0.5, 0.6) is 0 Å². The maximum Gasteiger partial charge on any atom is 0.0540 e. The average Bonchev–Trinajstić information content (AvgIpc) is 3.61. The van der Waals surface area contributed by atoms with Gasteiger partial charge in [0.15, 0.2) is 0 Å². The maximum absolute atomic E-state index is 2.45. The van der Waals surface area contributed by atoms with Gasteiger partial charge >= 0.3 is 0 Å². The van der Waals surface area contributed by atoms with Crippen molar-refractivity contribution >= 4 is 77.2 Å². The van der Waals surface area contributed by atoms with Crippen LogP contribution >= 0.6 is 0 Å². The largest absolute Gasteiger partial charge is 0.310 e. The lowest BCUT2D eigenvalue weighted by atomic mass is 9.94. The van der Waals surface area contributed by atoms with Crippen LogP contribution in [0.25, 0.3) is 98.7 Å². The van der Waals surface area contributed by atoms with Gasteiger partial charge < -0.3 is 9.80 Å². The fourth-order valence-electron chi connectivity index (χ4n) is 12.0. The lowest BCUT2D eigenvalue weighted by molar-refractivity contribution is 1.24. The summed E-state index contributed by atoms with van der Waals surface area (Å²) in [6, 6.07) is 111. The first-order chi connectivity index (χ1) is 39.5. The van der Waals surface area contributed by atoms with Gasteiger partial charge in [-0.1, -0.05) is 231 Å². The summed E-state index contributed by atoms with van der Waals surface area (Å²) in [6.07, 6.45) is 0. The monoisotopic (exact) mass is 1020 g/mol. The van der Waals surface area contributed by atoms with Crippen LogP contribution in [-0.4, -0.2) is 0 Å². The maximum atomic E-state index is 2.45. The molecule has 0 unspecified atom stereocenters. The van der Waals surface area contributed by atoms with Crippen LogP contribution in [0, 0.1) is 13.8 Å². The molecule has 2 heteroatoms. The molecule has 0 fully saturated rings. The highest BCUT2D eigenvalue weighted by molar-refractivity contribution is 6.03. The van der Waals surface area contributed by atoms with Gasteiger partial charge in [0, 0.05) is 33.9 Å². The zero-order chi connectivity index (χ0) is 53.5. The summed E-state index contributed by atoms with van der Waals surface area (Å²) in [4.78, 5) is 4.90. The van der Waals surface area contributed by atoms with E-state index in [0.29, 0.717) is 0 Å². The number of hydrogen-bond acceptors (Lipinski definition) is 2. The molecular formula is C78H56N2. The molecular weight excluding hydrogens is 965 g/mol. The van der Waals surface area contributed by atoms with Gasteiger partial charge in [0.25, 0.3) is 0 Å². The Bertz CT molecular complexity index is 4320. The third kappa shape index (κ3) is 8.93. The third-order valence-electron chi connectivity index (χ3n) is 16.1. The van der Waals surface area contributed by atoms with Crippen molar-refractivity contribution in [1.82, 2.24) is 0 Å². The van der Waals surface area contributed by atoms with Crippen molar-refractivity contribution < 1.29 is 0 Å². The van der Waals surface area contributed by atoms with Crippen molar-refractivity contribution in [2.75, 3.05) is 9.80 Å². The van der Waals surface area contributed by atoms with Crippen molar-refractivity contribution in [3.8, 4) is 55.6 Å². The highest BCUT2D eigenvalue weighted by Gasteiger charge is 2.23. The lowest BCUT2D eigenvalue weighted by Crippen LogP contribution is -2.13. The summed E-state index contributed by atoms with van der Waals surface area (Å²) < 4.78 is 0. The number of nitrogens with zero attached hydrogens (tertiary/aromatic N) is 2. The van der Waals surface area contributed by atoms with Crippen LogP contribution in [0.4, 0.5) is 34.1 Å². The van der Waals surface area contributed by atoms with Gasteiger partial charge in [0.1, 0.15) is 0 Å². The molecule has 0 saturated heterocycles. The van der Waals surface area contributed by atoms with Gasteiger partial charge in [-0.05, 0) is 185 Å². The summed E-state index contributed by atoms with van der Waals surface area (Å²) >= 11 is 0. The van der Waals surface area contributed by atoms with Crippen LogP contribution in [0.3, 0.4) is 0 Å². The second-order valence-corrected chi connectivity index (χ2v) is 21.0. The number of aryl methyl sites for hydroxylation is 2. The van der Waals surface area contributed by atoms with Crippen LogP contribution in [-0.2, 0) is 0 Å². The van der Waals surface area contributed by atoms with E-state index < -0.39 is 0 Å². The second-order valence-electron chi connectivity index (χ2n) is 21.0. The minimum atomic E-state index is 1.09. The van der Waals surface area contributed by atoms with Crippen molar-refractivity contribution in [2.24, 2.45) is 0 Å². The molecule has 0 radical (unpaired) electrons. The Morgan fingerprint density at radius 3 is 0.938 bits per heavy atom. The summed E-state index contributed by atoms with van der Waals surface area (Å²) in [5, 5.41) is 9.87. The van der Waals surface area contributed by atoms with Crippen molar-refractivity contribution in [2.45, 2.75) is 13.8 Å². The Hall–Kier alpha value is -10.3. The van der Waals surface area contributed by atoms with Crippen molar-refractivity contribution in [3.63, 3.8) is 0 Å². The normalized spacial score (nSPS) is 11.4. The molecule has 2 nitrogen and oxygen atoms in total. The SMILES string of the molecule is Cc1cc(-c2ccc(N(c3ccc(-c4ccc5ccccc5c4)cc3)c3ccccc3-c3cccc4ccccc34)c(C)c2)ccc1N(c1ccc(-c2ccc3ccccc3c2)cc1)c1ccccc1-c1cccc2ccccc12. The van der Waals surface area contributed by atoms with Gasteiger partial charge in [0.2, 0.25) is 0 Å². The quantitative estimate of drug-likeness (QED) is 0.127. The average molecular weight is 1020 g/mol. The van der Waals surface area contributed by atoms with E-state index in [1.165, 1.54) is 98.7 Å². The Morgan fingerprint density at radius 2 is 0.512 bits per heavy atom. The standard InChI is InChI=1S/C78H56N2/c1-53-49-63(41-47-75(53)79(67-43-37-57(38-44-67)65-35-33-55-17-3-5-21-61(55)51-65)77-31-13-11-27-73(77)71-29-15-23-59-19-7-9-25-69(59)71)64-42-48-76(54(2)50-64)80(68-45-39-58(40-46-68)66-36-34-56-18-4-6-22-62(56)52-66)78-32-14-12-28-74(78)72-30-16-24-60-20-8-10-26-70(60)72/h3-52H,1-2H3.